The first kappa shape index (κ1) is 15.6. The predicted octanol–water partition coefficient (Wildman–Crippen LogP) is 2.92. The highest BCUT2D eigenvalue weighted by molar-refractivity contribution is 7.80. The summed E-state index contributed by atoms with van der Waals surface area (Å²) in [4.78, 5) is 0. The molecule has 0 aliphatic heterocycles. The van der Waals surface area contributed by atoms with Gasteiger partial charge in [0.05, 0.1) is 24.4 Å². The molecule has 0 saturated carbocycles. The molecule has 5 nitrogen and oxygen atoms in total. The topological polar surface area (TPSA) is 51.1 Å². The zero-order valence-electron chi connectivity index (χ0n) is 11.7. The van der Waals surface area contributed by atoms with E-state index in [-0.39, 0.29) is 0 Å². The van der Waals surface area contributed by atoms with Crippen LogP contribution in [0.5, 0.6) is 5.75 Å². The van der Waals surface area contributed by atoms with Gasteiger partial charge in [-0.05, 0) is 43.4 Å². The van der Waals surface area contributed by atoms with Crippen LogP contribution >= 0.6 is 23.8 Å². The number of hydrogen-bond acceptors (Lipinski definition) is 3. The predicted molar refractivity (Wildman–Crippen MR) is 89.1 cm³/mol. The highest BCUT2D eigenvalue weighted by Crippen LogP contribution is 2.15. The number of aromatic nitrogens is 2. The Balaban J connectivity index is 1.73. The van der Waals surface area contributed by atoms with Crippen molar-refractivity contribution in [2.24, 2.45) is 0 Å². The van der Waals surface area contributed by atoms with Gasteiger partial charge >= 0.3 is 0 Å². The standard InChI is InChI=1S/C14H17ClN4OS/c1-2-20-13-5-3-12(4-6-13)18-14(21)16-7-8-19-10-11(15)9-17-19/h3-6,9-10H,2,7-8H2,1H3,(H2,16,18,21). The zero-order chi connectivity index (χ0) is 15.1. The number of hydrogen-bond donors (Lipinski definition) is 2. The highest BCUT2D eigenvalue weighted by Gasteiger charge is 1.99. The van der Waals surface area contributed by atoms with Crippen LogP contribution in [0.25, 0.3) is 0 Å². The molecule has 0 amide bonds. The van der Waals surface area contributed by atoms with Crippen molar-refractivity contribution in [3.8, 4) is 5.75 Å². The minimum atomic E-state index is 0.567. The van der Waals surface area contributed by atoms with Gasteiger partial charge in [0, 0.05) is 18.4 Å². The number of anilines is 1. The lowest BCUT2D eigenvalue weighted by molar-refractivity contribution is 0.340. The van der Waals surface area contributed by atoms with Gasteiger partial charge in [0.15, 0.2) is 5.11 Å². The Kier molecular flexibility index (Phi) is 5.83. The van der Waals surface area contributed by atoms with Gasteiger partial charge in [-0.25, -0.2) is 0 Å². The SMILES string of the molecule is CCOc1ccc(NC(=S)NCCn2cc(Cl)cn2)cc1. The first-order valence-corrected chi connectivity index (χ1v) is 7.41. The number of halogens is 1. The van der Waals surface area contributed by atoms with Gasteiger partial charge < -0.3 is 15.4 Å². The van der Waals surface area contributed by atoms with Crippen molar-refractivity contribution in [3.63, 3.8) is 0 Å². The Bertz CT molecular complexity index is 585. The van der Waals surface area contributed by atoms with Crippen molar-refractivity contribution >= 4 is 34.6 Å². The maximum atomic E-state index is 5.79. The van der Waals surface area contributed by atoms with Crippen molar-refractivity contribution in [1.82, 2.24) is 15.1 Å². The minimum Gasteiger partial charge on any atom is -0.494 e. The second-order valence-electron chi connectivity index (χ2n) is 4.26. The van der Waals surface area contributed by atoms with E-state index in [2.05, 4.69) is 15.7 Å². The largest absolute Gasteiger partial charge is 0.494 e. The smallest absolute Gasteiger partial charge is 0.170 e. The summed E-state index contributed by atoms with van der Waals surface area (Å²) in [5.41, 5.74) is 0.915. The van der Waals surface area contributed by atoms with Crippen LogP contribution in [-0.2, 0) is 6.54 Å². The molecule has 0 spiro atoms. The number of rotatable bonds is 6. The summed E-state index contributed by atoms with van der Waals surface area (Å²) in [6.45, 7) is 3.97. The molecule has 0 aliphatic carbocycles. The summed E-state index contributed by atoms with van der Waals surface area (Å²) in [6, 6.07) is 7.65. The monoisotopic (exact) mass is 324 g/mol. The molecule has 0 atom stereocenters. The molecule has 1 aromatic carbocycles. The van der Waals surface area contributed by atoms with E-state index in [0.29, 0.717) is 29.8 Å². The van der Waals surface area contributed by atoms with Crippen LogP contribution in [-0.4, -0.2) is 28.0 Å². The third kappa shape index (κ3) is 5.24. The molecule has 0 radical (unpaired) electrons. The van der Waals surface area contributed by atoms with Gasteiger partial charge in [-0.1, -0.05) is 11.6 Å². The molecule has 0 saturated heterocycles. The van der Waals surface area contributed by atoms with Crippen molar-refractivity contribution in [3.05, 3.63) is 41.7 Å². The van der Waals surface area contributed by atoms with E-state index in [1.54, 1.807) is 17.1 Å². The van der Waals surface area contributed by atoms with E-state index in [4.69, 9.17) is 28.6 Å². The fraction of sp³-hybridized carbons (Fsp3) is 0.286. The van der Waals surface area contributed by atoms with Crippen LogP contribution in [0.4, 0.5) is 5.69 Å². The van der Waals surface area contributed by atoms with Gasteiger partial charge in [0.25, 0.3) is 0 Å². The van der Waals surface area contributed by atoms with E-state index >= 15 is 0 Å². The Morgan fingerprint density at radius 2 is 2.14 bits per heavy atom. The maximum absolute atomic E-state index is 5.79. The second-order valence-corrected chi connectivity index (χ2v) is 5.10. The summed E-state index contributed by atoms with van der Waals surface area (Å²) >= 11 is 11.0. The summed E-state index contributed by atoms with van der Waals surface area (Å²) in [7, 11) is 0. The Morgan fingerprint density at radius 3 is 2.76 bits per heavy atom. The van der Waals surface area contributed by atoms with Gasteiger partial charge in [-0.2, -0.15) is 5.10 Å². The molecule has 21 heavy (non-hydrogen) atoms. The van der Waals surface area contributed by atoms with Crippen LogP contribution in [0.15, 0.2) is 36.7 Å². The van der Waals surface area contributed by atoms with Crippen molar-refractivity contribution in [2.75, 3.05) is 18.5 Å². The van der Waals surface area contributed by atoms with Gasteiger partial charge in [-0.15, -0.1) is 0 Å². The van der Waals surface area contributed by atoms with E-state index in [9.17, 15) is 0 Å². The van der Waals surface area contributed by atoms with Crippen LogP contribution in [0, 0.1) is 0 Å². The van der Waals surface area contributed by atoms with Gasteiger partial charge in [-0.3, -0.25) is 4.68 Å². The fourth-order valence-corrected chi connectivity index (χ4v) is 2.10. The Labute approximate surface area is 134 Å². The van der Waals surface area contributed by atoms with E-state index < -0.39 is 0 Å². The first-order chi connectivity index (χ1) is 10.2. The van der Waals surface area contributed by atoms with Crippen LogP contribution in [0.2, 0.25) is 5.02 Å². The number of nitrogens with zero attached hydrogens (tertiary/aromatic N) is 2. The first-order valence-electron chi connectivity index (χ1n) is 6.63. The van der Waals surface area contributed by atoms with E-state index in [1.807, 2.05) is 31.2 Å². The van der Waals surface area contributed by atoms with Gasteiger partial charge in [0.2, 0.25) is 0 Å². The molecule has 0 fully saturated rings. The molecule has 7 heteroatoms. The molecule has 0 bridgehead atoms. The third-order valence-electron chi connectivity index (χ3n) is 2.65. The highest BCUT2D eigenvalue weighted by atomic mass is 35.5. The number of nitrogens with one attached hydrogen (secondary N) is 2. The van der Waals surface area contributed by atoms with Crippen LogP contribution in [0.1, 0.15) is 6.92 Å². The number of benzene rings is 1. The molecule has 1 heterocycles. The van der Waals surface area contributed by atoms with Crippen molar-refractivity contribution in [2.45, 2.75) is 13.5 Å². The lowest BCUT2D eigenvalue weighted by atomic mass is 10.3. The van der Waals surface area contributed by atoms with E-state index in [1.165, 1.54) is 0 Å². The molecule has 2 N–H and O–H groups in total. The lowest BCUT2D eigenvalue weighted by Crippen LogP contribution is -2.31. The van der Waals surface area contributed by atoms with Gasteiger partial charge in [0.1, 0.15) is 5.75 Å². The summed E-state index contributed by atoms with van der Waals surface area (Å²) in [5, 5.41) is 11.5. The van der Waals surface area contributed by atoms with Crippen molar-refractivity contribution in [1.29, 1.82) is 0 Å². The second kappa shape index (κ2) is 7.85. The molecule has 0 aliphatic rings. The Hall–Kier alpha value is -1.79. The minimum absolute atomic E-state index is 0.567. The Morgan fingerprint density at radius 1 is 1.38 bits per heavy atom. The molecule has 2 rings (SSSR count). The molecule has 2 aromatic rings. The molecular formula is C14H17ClN4OS. The summed E-state index contributed by atoms with van der Waals surface area (Å²) < 4.78 is 7.14. The average Bonchev–Trinajstić information content (AvgIpc) is 2.87. The lowest BCUT2D eigenvalue weighted by Gasteiger charge is -2.11. The summed E-state index contributed by atoms with van der Waals surface area (Å²) in [6.07, 6.45) is 3.38. The van der Waals surface area contributed by atoms with E-state index in [0.717, 1.165) is 11.4 Å². The molecule has 0 unspecified atom stereocenters. The quantitative estimate of drug-likeness (QED) is 0.800. The zero-order valence-corrected chi connectivity index (χ0v) is 13.2. The number of ether oxygens (including phenoxy) is 1. The fourth-order valence-electron chi connectivity index (χ4n) is 1.72. The molecule has 112 valence electrons. The number of thiocarbonyl (C=S) groups is 1. The normalized spacial score (nSPS) is 10.2. The average molecular weight is 325 g/mol. The maximum Gasteiger partial charge on any atom is 0.170 e. The molecule has 1 aromatic heterocycles. The summed E-state index contributed by atoms with van der Waals surface area (Å²) in [5.74, 6) is 0.845. The van der Waals surface area contributed by atoms with Crippen LogP contribution < -0.4 is 15.4 Å². The van der Waals surface area contributed by atoms with Crippen LogP contribution in [0.3, 0.4) is 0 Å². The molecular weight excluding hydrogens is 308 g/mol. The third-order valence-corrected chi connectivity index (χ3v) is 3.09. The van der Waals surface area contributed by atoms with Crippen molar-refractivity contribution < 1.29 is 4.74 Å².